The Morgan fingerprint density at radius 3 is 1.46 bits per heavy atom. The van der Waals surface area contributed by atoms with Gasteiger partial charge in [0.05, 0.1) is 35.7 Å². The van der Waals surface area contributed by atoms with Crippen LogP contribution in [-0.4, -0.2) is 84.1 Å². The van der Waals surface area contributed by atoms with Crippen LogP contribution in [0.15, 0.2) is 60.7 Å². The molecule has 10 nitrogen and oxygen atoms in total. The van der Waals surface area contributed by atoms with Gasteiger partial charge in [-0.3, -0.25) is 19.4 Å². The first kappa shape index (κ1) is 35.6. The number of hydrogen-bond acceptors (Lipinski definition) is 8. The highest BCUT2D eigenvalue weighted by Gasteiger charge is 2.26. The fraction of sp³-hybridized carbons (Fsp3) is 0.368. The molecule has 0 saturated carbocycles. The molecule has 50 heavy (non-hydrogen) atoms. The van der Waals surface area contributed by atoms with Crippen molar-refractivity contribution >= 4 is 35.0 Å². The summed E-state index contributed by atoms with van der Waals surface area (Å²) in [6.45, 7) is 7.77. The highest BCUT2D eigenvalue weighted by atomic mass is 35.5. The van der Waals surface area contributed by atoms with Crippen molar-refractivity contribution < 1.29 is 19.1 Å². The highest BCUT2D eigenvalue weighted by molar-refractivity contribution is 6.39. The molecule has 12 heteroatoms. The van der Waals surface area contributed by atoms with Crippen LogP contribution in [0.3, 0.4) is 0 Å². The number of aromatic nitrogens is 2. The Hall–Kier alpha value is -4.22. The third kappa shape index (κ3) is 8.05. The SMILES string of the molecule is COc1nc(-c2cccc(-c3cccc(-c4ccc(CN5CC[C@@H](NC(C)=O)C5)c(OC)n4)c3Cl)c2Cl)ccc1CN1CC[C@@H](NC(C)=O)C1. The maximum absolute atomic E-state index is 11.5. The molecule has 2 aliphatic rings. The molecule has 262 valence electrons. The molecule has 2 amide bonds. The zero-order chi connectivity index (χ0) is 35.4. The van der Waals surface area contributed by atoms with E-state index in [1.54, 1.807) is 28.1 Å². The molecule has 0 spiro atoms. The van der Waals surface area contributed by atoms with Gasteiger partial charge in [-0.05, 0) is 25.0 Å². The summed E-state index contributed by atoms with van der Waals surface area (Å²) in [6, 6.07) is 19.9. The molecule has 2 N–H and O–H groups in total. The Kier molecular flexibility index (Phi) is 11.2. The maximum Gasteiger partial charge on any atom is 0.218 e. The van der Waals surface area contributed by atoms with E-state index in [9.17, 15) is 9.59 Å². The summed E-state index contributed by atoms with van der Waals surface area (Å²) >= 11 is 14.2. The molecule has 6 rings (SSSR count). The number of methoxy groups -OCH3 is 2. The van der Waals surface area contributed by atoms with E-state index in [1.807, 2.05) is 60.7 Å². The fourth-order valence-corrected chi connectivity index (χ4v) is 7.60. The average molecular weight is 718 g/mol. The van der Waals surface area contributed by atoms with Crippen LogP contribution in [0.4, 0.5) is 0 Å². The first-order valence-corrected chi connectivity index (χ1v) is 17.5. The molecular formula is C38H42Cl2N6O4. The number of rotatable bonds is 11. The van der Waals surface area contributed by atoms with Gasteiger partial charge in [0.25, 0.3) is 0 Å². The fourth-order valence-electron chi connectivity index (χ4n) is 6.95. The van der Waals surface area contributed by atoms with Crippen molar-refractivity contribution in [1.29, 1.82) is 0 Å². The van der Waals surface area contributed by atoms with Gasteiger partial charge < -0.3 is 20.1 Å². The number of carbonyl (C=O) groups excluding carboxylic acids is 2. The average Bonchev–Trinajstić information content (AvgIpc) is 3.73. The molecule has 2 atom stereocenters. The van der Waals surface area contributed by atoms with Gasteiger partial charge in [0.15, 0.2) is 0 Å². The van der Waals surface area contributed by atoms with Crippen LogP contribution in [-0.2, 0) is 22.7 Å². The topological polar surface area (TPSA) is 109 Å². The van der Waals surface area contributed by atoms with E-state index in [-0.39, 0.29) is 23.9 Å². The van der Waals surface area contributed by atoms with Gasteiger partial charge in [-0.1, -0.05) is 71.7 Å². The summed E-state index contributed by atoms with van der Waals surface area (Å²) in [5.41, 5.74) is 6.36. The molecule has 2 aromatic carbocycles. The standard InChI is InChI=1S/C38H42Cl2N6O4/c1-23(47)41-27-15-17-45(21-27)19-25-11-13-33(43-37(25)49-3)31-9-5-7-29(35(31)39)30-8-6-10-32(36(30)40)34-14-12-26(38(44-34)50-4)20-46-18-16-28(22-46)42-24(2)48/h5-14,27-28H,15-22H2,1-4H3,(H,41,47)(H,42,48)/t27-,28-/m1/s1. The van der Waals surface area contributed by atoms with Crippen LogP contribution in [0.5, 0.6) is 11.8 Å². The van der Waals surface area contributed by atoms with Crippen molar-refractivity contribution in [3.63, 3.8) is 0 Å². The summed E-state index contributed by atoms with van der Waals surface area (Å²) in [5.74, 6) is 1.05. The predicted molar refractivity (Wildman–Crippen MR) is 196 cm³/mol. The number of hydrogen-bond donors (Lipinski definition) is 2. The van der Waals surface area contributed by atoms with Gasteiger partial charge in [0, 0.05) is 98.6 Å². The van der Waals surface area contributed by atoms with Crippen molar-refractivity contribution in [3.8, 4) is 45.4 Å². The van der Waals surface area contributed by atoms with E-state index in [2.05, 4.69) is 20.4 Å². The number of nitrogens with zero attached hydrogens (tertiary/aromatic N) is 4. The lowest BCUT2D eigenvalue weighted by Gasteiger charge is -2.19. The lowest BCUT2D eigenvalue weighted by Crippen LogP contribution is -2.35. The second-order valence-corrected chi connectivity index (χ2v) is 13.7. The van der Waals surface area contributed by atoms with Gasteiger partial charge in [-0.25, -0.2) is 9.97 Å². The molecule has 0 unspecified atom stereocenters. The van der Waals surface area contributed by atoms with Crippen LogP contribution >= 0.6 is 23.2 Å². The lowest BCUT2D eigenvalue weighted by atomic mass is 9.98. The summed E-state index contributed by atoms with van der Waals surface area (Å²) in [4.78, 5) is 37.3. The first-order valence-electron chi connectivity index (χ1n) is 16.8. The molecule has 2 saturated heterocycles. The maximum atomic E-state index is 11.5. The smallest absolute Gasteiger partial charge is 0.218 e. The molecule has 0 radical (unpaired) electrons. The second kappa shape index (κ2) is 15.8. The second-order valence-electron chi connectivity index (χ2n) is 12.9. The minimum absolute atomic E-state index is 0.00751. The van der Waals surface area contributed by atoms with Gasteiger partial charge in [0.1, 0.15) is 0 Å². The van der Waals surface area contributed by atoms with Crippen LogP contribution < -0.4 is 20.1 Å². The Bertz CT molecular complexity index is 1750. The van der Waals surface area contributed by atoms with Gasteiger partial charge >= 0.3 is 0 Å². The van der Waals surface area contributed by atoms with E-state index >= 15 is 0 Å². The number of benzene rings is 2. The zero-order valence-corrected chi connectivity index (χ0v) is 30.3. The number of halogens is 2. The Morgan fingerprint density at radius 2 is 1.08 bits per heavy atom. The number of ether oxygens (including phenoxy) is 2. The molecule has 2 aliphatic heterocycles. The molecule has 0 aliphatic carbocycles. The van der Waals surface area contributed by atoms with Gasteiger partial charge in [0.2, 0.25) is 23.6 Å². The van der Waals surface area contributed by atoms with E-state index in [4.69, 9.17) is 42.6 Å². The van der Waals surface area contributed by atoms with E-state index in [0.717, 1.165) is 72.4 Å². The number of likely N-dealkylation sites (tertiary alicyclic amines) is 2. The monoisotopic (exact) mass is 716 g/mol. The summed E-state index contributed by atoms with van der Waals surface area (Å²) in [6.07, 6.45) is 1.82. The van der Waals surface area contributed by atoms with Gasteiger partial charge in [-0.2, -0.15) is 0 Å². The van der Waals surface area contributed by atoms with Crippen LogP contribution in [0.2, 0.25) is 10.0 Å². The molecular weight excluding hydrogens is 675 g/mol. The van der Waals surface area contributed by atoms with Gasteiger partial charge in [-0.15, -0.1) is 0 Å². The lowest BCUT2D eigenvalue weighted by molar-refractivity contribution is -0.120. The minimum Gasteiger partial charge on any atom is -0.481 e. The van der Waals surface area contributed by atoms with Crippen molar-refractivity contribution in [1.82, 2.24) is 30.4 Å². The molecule has 4 aromatic rings. The van der Waals surface area contributed by atoms with E-state index in [0.29, 0.717) is 46.3 Å². The Labute approximate surface area is 303 Å². The zero-order valence-electron chi connectivity index (χ0n) is 28.8. The van der Waals surface area contributed by atoms with Crippen molar-refractivity contribution in [2.45, 2.75) is 51.9 Å². The Balaban J connectivity index is 1.23. The van der Waals surface area contributed by atoms with Crippen molar-refractivity contribution in [2.24, 2.45) is 0 Å². The van der Waals surface area contributed by atoms with E-state index < -0.39 is 0 Å². The molecule has 4 heterocycles. The largest absolute Gasteiger partial charge is 0.481 e. The van der Waals surface area contributed by atoms with Crippen LogP contribution in [0.25, 0.3) is 33.6 Å². The number of carbonyl (C=O) groups is 2. The normalized spacial score (nSPS) is 17.9. The summed E-state index contributed by atoms with van der Waals surface area (Å²) in [5, 5.41) is 7.07. The van der Waals surface area contributed by atoms with Crippen LogP contribution in [0.1, 0.15) is 37.8 Å². The number of amides is 2. The summed E-state index contributed by atoms with van der Waals surface area (Å²) < 4.78 is 11.4. The minimum atomic E-state index is -0.00751. The number of pyridine rings is 2. The molecule has 0 bridgehead atoms. The summed E-state index contributed by atoms with van der Waals surface area (Å²) in [7, 11) is 3.24. The quantitative estimate of drug-likeness (QED) is 0.188. The van der Waals surface area contributed by atoms with Crippen molar-refractivity contribution in [2.75, 3.05) is 40.4 Å². The third-order valence-electron chi connectivity index (χ3n) is 9.25. The highest BCUT2D eigenvalue weighted by Crippen LogP contribution is 2.42. The predicted octanol–water partition coefficient (Wildman–Crippen LogP) is 6.22. The number of nitrogens with one attached hydrogen (secondary N) is 2. The third-order valence-corrected chi connectivity index (χ3v) is 10.1. The first-order chi connectivity index (χ1) is 24.1. The Morgan fingerprint density at radius 1 is 0.680 bits per heavy atom. The molecule has 2 fully saturated rings. The van der Waals surface area contributed by atoms with E-state index in [1.165, 1.54) is 0 Å². The van der Waals surface area contributed by atoms with Crippen LogP contribution in [0, 0.1) is 0 Å². The molecule has 2 aromatic heterocycles. The van der Waals surface area contributed by atoms with Crippen molar-refractivity contribution in [3.05, 3.63) is 81.8 Å².